The normalized spacial score (nSPS) is 23.3. The number of benzene rings is 1. The first kappa shape index (κ1) is 10.0. The van der Waals surface area contributed by atoms with Crippen molar-refractivity contribution in [2.24, 2.45) is 0 Å². The number of aryl methyl sites for hydroxylation is 1. The summed E-state index contributed by atoms with van der Waals surface area (Å²) in [5.41, 5.74) is 2.25. The lowest BCUT2D eigenvalue weighted by Crippen LogP contribution is -2.41. The standard InChI is InChI=1S/C12H15NO2/c1-12(13-11(14)15-2)8-7-9-5-3-4-6-10(9)12/h3-6H,7-8H2,1-2H3,(H,13,14)/t12-/m0/s1. The number of rotatable bonds is 1. The zero-order valence-electron chi connectivity index (χ0n) is 9.04. The molecular weight excluding hydrogens is 190 g/mol. The van der Waals surface area contributed by atoms with Gasteiger partial charge in [-0.15, -0.1) is 0 Å². The van der Waals surface area contributed by atoms with E-state index >= 15 is 0 Å². The van der Waals surface area contributed by atoms with Gasteiger partial charge in [-0.2, -0.15) is 0 Å². The molecule has 2 rings (SSSR count). The van der Waals surface area contributed by atoms with Crippen LogP contribution in [0.25, 0.3) is 0 Å². The van der Waals surface area contributed by atoms with Gasteiger partial charge in [0.1, 0.15) is 0 Å². The van der Waals surface area contributed by atoms with Crippen LogP contribution in [0.4, 0.5) is 4.79 Å². The van der Waals surface area contributed by atoms with Crippen LogP contribution in [-0.4, -0.2) is 13.2 Å². The van der Waals surface area contributed by atoms with Gasteiger partial charge in [-0.25, -0.2) is 4.79 Å². The van der Waals surface area contributed by atoms with Gasteiger partial charge in [-0.3, -0.25) is 0 Å². The molecule has 3 heteroatoms. The Morgan fingerprint density at radius 2 is 2.20 bits per heavy atom. The molecule has 1 aromatic carbocycles. The number of carbonyl (C=O) groups is 1. The molecule has 0 radical (unpaired) electrons. The molecule has 15 heavy (non-hydrogen) atoms. The van der Waals surface area contributed by atoms with Gasteiger partial charge in [-0.1, -0.05) is 24.3 Å². The zero-order valence-corrected chi connectivity index (χ0v) is 9.04. The number of fused-ring (bicyclic) bond motifs is 1. The van der Waals surface area contributed by atoms with Crippen molar-refractivity contribution in [2.45, 2.75) is 25.3 Å². The highest BCUT2D eigenvalue weighted by atomic mass is 16.5. The second-order valence-corrected chi connectivity index (χ2v) is 4.11. The lowest BCUT2D eigenvalue weighted by Gasteiger charge is -2.26. The number of nitrogens with one attached hydrogen (secondary N) is 1. The molecule has 1 amide bonds. The van der Waals surface area contributed by atoms with Crippen molar-refractivity contribution < 1.29 is 9.53 Å². The van der Waals surface area contributed by atoms with E-state index in [-0.39, 0.29) is 11.6 Å². The summed E-state index contributed by atoms with van der Waals surface area (Å²) in [6, 6.07) is 8.21. The molecule has 1 atom stereocenters. The summed E-state index contributed by atoms with van der Waals surface area (Å²) < 4.78 is 4.64. The third-order valence-electron chi connectivity index (χ3n) is 3.07. The van der Waals surface area contributed by atoms with E-state index in [2.05, 4.69) is 22.2 Å². The molecule has 1 aliphatic rings. The molecule has 0 saturated carbocycles. The fourth-order valence-corrected chi connectivity index (χ4v) is 2.20. The highest BCUT2D eigenvalue weighted by Crippen LogP contribution is 2.36. The van der Waals surface area contributed by atoms with Gasteiger partial charge in [0.25, 0.3) is 0 Å². The van der Waals surface area contributed by atoms with Crippen LogP contribution in [0.2, 0.25) is 0 Å². The molecule has 0 spiro atoms. The Bertz CT molecular complexity index is 389. The van der Waals surface area contributed by atoms with Gasteiger partial charge >= 0.3 is 6.09 Å². The molecule has 0 aromatic heterocycles. The largest absolute Gasteiger partial charge is 0.453 e. The minimum Gasteiger partial charge on any atom is -0.453 e. The monoisotopic (exact) mass is 205 g/mol. The Kier molecular flexibility index (Phi) is 2.39. The molecule has 0 unspecified atom stereocenters. The van der Waals surface area contributed by atoms with Crippen molar-refractivity contribution in [2.75, 3.05) is 7.11 Å². The van der Waals surface area contributed by atoms with Gasteiger partial charge in [-0.05, 0) is 30.9 Å². The summed E-state index contributed by atoms with van der Waals surface area (Å²) in [4.78, 5) is 11.2. The maximum absolute atomic E-state index is 11.2. The summed E-state index contributed by atoms with van der Waals surface area (Å²) in [6.45, 7) is 2.04. The number of amides is 1. The van der Waals surface area contributed by atoms with Crippen LogP contribution in [0.15, 0.2) is 24.3 Å². The van der Waals surface area contributed by atoms with Gasteiger partial charge in [0, 0.05) is 0 Å². The minimum atomic E-state index is -0.366. The summed E-state index contributed by atoms with van der Waals surface area (Å²) in [5.74, 6) is 0. The quantitative estimate of drug-likeness (QED) is 0.763. The zero-order chi connectivity index (χ0) is 10.9. The van der Waals surface area contributed by atoms with Crippen LogP contribution in [0.3, 0.4) is 0 Å². The fraction of sp³-hybridized carbons (Fsp3) is 0.417. The SMILES string of the molecule is COC(=O)N[C@@]1(C)CCc2ccccc21. The number of ether oxygens (including phenoxy) is 1. The number of carbonyl (C=O) groups excluding carboxylic acids is 1. The molecule has 0 saturated heterocycles. The highest BCUT2D eigenvalue weighted by molar-refractivity contribution is 5.69. The fourth-order valence-electron chi connectivity index (χ4n) is 2.20. The maximum Gasteiger partial charge on any atom is 0.407 e. The third kappa shape index (κ3) is 1.69. The predicted octanol–water partition coefficient (Wildman–Crippen LogP) is 2.20. The summed E-state index contributed by atoms with van der Waals surface area (Å²) in [6.07, 6.45) is 1.58. The van der Waals surface area contributed by atoms with Crippen molar-refractivity contribution in [1.29, 1.82) is 0 Å². The van der Waals surface area contributed by atoms with E-state index < -0.39 is 0 Å². The van der Waals surface area contributed by atoms with E-state index in [0.29, 0.717) is 0 Å². The molecule has 80 valence electrons. The number of methoxy groups -OCH3 is 1. The van der Waals surface area contributed by atoms with Crippen molar-refractivity contribution in [3.63, 3.8) is 0 Å². The molecule has 1 N–H and O–H groups in total. The van der Waals surface area contributed by atoms with E-state index in [4.69, 9.17) is 0 Å². The minimum absolute atomic E-state index is 0.274. The van der Waals surface area contributed by atoms with Crippen LogP contribution in [0, 0.1) is 0 Å². The molecule has 1 aromatic rings. The van der Waals surface area contributed by atoms with Gasteiger partial charge < -0.3 is 10.1 Å². The summed E-state index contributed by atoms with van der Waals surface area (Å²) in [5, 5.41) is 2.90. The first-order chi connectivity index (χ1) is 7.15. The highest BCUT2D eigenvalue weighted by Gasteiger charge is 2.35. The Morgan fingerprint density at radius 1 is 1.47 bits per heavy atom. The first-order valence-corrected chi connectivity index (χ1v) is 5.10. The Balaban J connectivity index is 2.28. The van der Waals surface area contributed by atoms with Crippen molar-refractivity contribution in [1.82, 2.24) is 5.32 Å². The smallest absolute Gasteiger partial charge is 0.407 e. The molecule has 0 aliphatic heterocycles. The third-order valence-corrected chi connectivity index (χ3v) is 3.07. The van der Waals surface area contributed by atoms with E-state index in [0.717, 1.165) is 12.8 Å². The molecule has 0 bridgehead atoms. The number of hydrogen-bond acceptors (Lipinski definition) is 2. The topological polar surface area (TPSA) is 38.3 Å². The van der Waals surface area contributed by atoms with E-state index in [1.165, 1.54) is 18.2 Å². The van der Waals surface area contributed by atoms with E-state index in [1.54, 1.807) is 0 Å². The van der Waals surface area contributed by atoms with Crippen LogP contribution in [0.5, 0.6) is 0 Å². The maximum atomic E-state index is 11.2. The van der Waals surface area contributed by atoms with Crippen molar-refractivity contribution >= 4 is 6.09 Å². The molecule has 0 heterocycles. The van der Waals surface area contributed by atoms with Crippen LogP contribution in [-0.2, 0) is 16.7 Å². The number of alkyl carbamates (subject to hydrolysis) is 1. The van der Waals surface area contributed by atoms with E-state index in [1.807, 2.05) is 19.1 Å². The summed E-state index contributed by atoms with van der Waals surface area (Å²) in [7, 11) is 1.39. The Hall–Kier alpha value is -1.51. The van der Waals surface area contributed by atoms with Gasteiger partial charge in [0.05, 0.1) is 12.6 Å². The average molecular weight is 205 g/mol. The van der Waals surface area contributed by atoms with Gasteiger partial charge in [0.15, 0.2) is 0 Å². The van der Waals surface area contributed by atoms with E-state index in [9.17, 15) is 4.79 Å². The van der Waals surface area contributed by atoms with Gasteiger partial charge in [0.2, 0.25) is 0 Å². The van der Waals surface area contributed by atoms with Crippen LogP contribution < -0.4 is 5.32 Å². The molecule has 1 aliphatic carbocycles. The van der Waals surface area contributed by atoms with Crippen LogP contribution >= 0.6 is 0 Å². The molecule has 3 nitrogen and oxygen atoms in total. The molecular formula is C12H15NO2. The second-order valence-electron chi connectivity index (χ2n) is 4.11. The van der Waals surface area contributed by atoms with Crippen LogP contribution in [0.1, 0.15) is 24.5 Å². The Morgan fingerprint density at radius 3 is 2.93 bits per heavy atom. The molecule has 0 fully saturated rings. The first-order valence-electron chi connectivity index (χ1n) is 5.10. The Labute approximate surface area is 89.4 Å². The second kappa shape index (κ2) is 3.57. The lowest BCUT2D eigenvalue weighted by molar-refractivity contribution is 0.157. The van der Waals surface area contributed by atoms with Crippen molar-refractivity contribution in [3.05, 3.63) is 35.4 Å². The summed E-state index contributed by atoms with van der Waals surface area (Å²) >= 11 is 0. The average Bonchev–Trinajstić information content (AvgIpc) is 2.57. The lowest BCUT2D eigenvalue weighted by atomic mass is 9.94. The predicted molar refractivity (Wildman–Crippen MR) is 57.7 cm³/mol. The van der Waals surface area contributed by atoms with Crippen molar-refractivity contribution in [3.8, 4) is 0 Å². The number of hydrogen-bond donors (Lipinski definition) is 1.